The van der Waals surface area contributed by atoms with Gasteiger partial charge < -0.3 is 4.74 Å². The summed E-state index contributed by atoms with van der Waals surface area (Å²) in [4.78, 5) is 23.2. The molecule has 108 valence electrons. The van der Waals surface area contributed by atoms with Gasteiger partial charge in [0.15, 0.2) is 11.6 Å². The highest BCUT2D eigenvalue weighted by atomic mass is 19.2. The Morgan fingerprint density at radius 3 is 2.29 bits per heavy atom. The van der Waals surface area contributed by atoms with E-state index in [4.69, 9.17) is 4.74 Å². The lowest BCUT2D eigenvalue weighted by Crippen LogP contribution is -2.19. The van der Waals surface area contributed by atoms with Gasteiger partial charge in [-0.2, -0.15) is 0 Å². The van der Waals surface area contributed by atoms with E-state index in [0.717, 1.165) is 17.7 Å². The summed E-state index contributed by atoms with van der Waals surface area (Å²) in [6.07, 6.45) is -0.329. The smallest absolute Gasteiger partial charge is 0.375 e. The maximum absolute atomic E-state index is 13.0. The maximum atomic E-state index is 13.0. The zero-order valence-corrected chi connectivity index (χ0v) is 11.0. The van der Waals surface area contributed by atoms with Crippen LogP contribution in [0.5, 0.6) is 0 Å². The second kappa shape index (κ2) is 6.74. The van der Waals surface area contributed by atoms with Crippen LogP contribution in [0.2, 0.25) is 0 Å². The molecule has 0 N–H and O–H groups in total. The van der Waals surface area contributed by atoms with E-state index in [-0.39, 0.29) is 18.6 Å². The third-order valence-electron chi connectivity index (χ3n) is 2.79. The molecular formula is C16H12F2O3. The first-order chi connectivity index (χ1) is 10.1. The minimum atomic E-state index is -1.06. The van der Waals surface area contributed by atoms with Gasteiger partial charge in [-0.15, -0.1) is 0 Å². The lowest BCUT2D eigenvalue weighted by molar-refractivity contribution is -0.154. The summed E-state index contributed by atoms with van der Waals surface area (Å²) in [7, 11) is 0. The molecule has 2 rings (SSSR count). The summed E-state index contributed by atoms with van der Waals surface area (Å²) in [5, 5.41) is 0. The average Bonchev–Trinajstić information content (AvgIpc) is 2.49. The molecule has 21 heavy (non-hydrogen) atoms. The number of halogens is 2. The SMILES string of the molecule is O=C(Cc1ccc(F)c(F)c1)C(=O)OCc1ccccc1. The highest BCUT2D eigenvalue weighted by molar-refractivity contribution is 6.34. The normalized spacial score (nSPS) is 10.2. The summed E-state index contributed by atoms with van der Waals surface area (Å²) in [5.41, 5.74) is 0.974. The Bertz CT molecular complexity index is 654. The monoisotopic (exact) mass is 290 g/mol. The summed E-state index contributed by atoms with van der Waals surface area (Å²) < 4.78 is 30.6. The summed E-state index contributed by atoms with van der Waals surface area (Å²) in [6, 6.07) is 11.9. The predicted molar refractivity (Wildman–Crippen MR) is 71.3 cm³/mol. The lowest BCUT2D eigenvalue weighted by atomic mass is 10.1. The lowest BCUT2D eigenvalue weighted by Gasteiger charge is -2.04. The molecule has 0 bridgehead atoms. The fraction of sp³-hybridized carbons (Fsp3) is 0.125. The number of carbonyl (C=O) groups is 2. The maximum Gasteiger partial charge on any atom is 0.375 e. The van der Waals surface area contributed by atoms with E-state index in [1.807, 2.05) is 6.07 Å². The van der Waals surface area contributed by atoms with Gasteiger partial charge in [-0.05, 0) is 23.3 Å². The Labute approximate surface area is 120 Å². The third-order valence-corrected chi connectivity index (χ3v) is 2.79. The van der Waals surface area contributed by atoms with Gasteiger partial charge in [-0.25, -0.2) is 13.6 Å². The summed E-state index contributed by atoms with van der Waals surface area (Å²) in [6.45, 7) is -0.0107. The highest BCUT2D eigenvalue weighted by Gasteiger charge is 2.17. The number of benzene rings is 2. The Morgan fingerprint density at radius 1 is 0.905 bits per heavy atom. The molecule has 0 saturated carbocycles. The van der Waals surface area contributed by atoms with Crippen molar-refractivity contribution in [2.75, 3.05) is 0 Å². The van der Waals surface area contributed by atoms with Crippen LogP contribution in [0.25, 0.3) is 0 Å². The molecule has 0 fully saturated rings. The van der Waals surface area contributed by atoms with Crippen LogP contribution >= 0.6 is 0 Å². The minimum absolute atomic E-state index is 0.0107. The molecule has 0 aromatic heterocycles. The van der Waals surface area contributed by atoms with E-state index in [1.165, 1.54) is 6.07 Å². The van der Waals surface area contributed by atoms with Gasteiger partial charge in [0.2, 0.25) is 5.78 Å². The van der Waals surface area contributed by atoms with Crippen LogP contribution in [0.4, 0.5) is 8.78 Å². The number of ketones is 1. The average molecular weight is 290 g/mol. The van der Waals surface area contributed by atoms with Crippen molar-refractivity contribution in [2.45, 2.75) is 13.0 Å². The molecule has 2 aromatic carbocycles. The van der Waals surface area contributed by atoms with Crippen molar-refractivity contribution in [1.29, 1.82) is 0 Å². The van der Waals surface area contributed by atoms with Crippen molar-refractivity contribution in [3.63, 3.8) is 0 Å². The zero-order chi connectivity index (χ0) is 15.2. The molecule has 0 saturated heterocycles. The molecule has 5 heteroatoms. The Hall–Kier alpha value is -2.56. The molecule has 3 nitrogen and oxygen atoms in total. The van der Waals surface area contributed by atoms with E-state index < -0.39 is 23.4 Å². The molecule has 0 aliphatic carbocycles. The van der Waals surface area contributed by atoms with Gasteiger partial charge in [0.05, 0.1) is 0 Å². The molecule has 0 aliphatic rings. The van der Waals surface area contributed by atoms with Crippen molar-refractivity contribution in [3.8, 4) is 0 Å². The number of Topliss-reactive ketones (excluding diaryl/α,β-unsaturated/α-hetero) is 1. The fourth-order valence-corrected chi connectivity index (χ4v) is 1.71. The van der Waals surface area contributed by atoms with E-state index in [2.05, 4.69) is 0 Å². The molecule has 0 atom stereocenters. The molecule has 0 aliphatic heterocycles. The van der Waals surface area contributed by atoms with Crippen molar-refractivity contribution in [2.24, 2.45) is 0 Å². The van der Waals surface area contributed by atoms with Gasteiger partial charge >= 0.3 is 5.97 Å². The predicted octanol–water partition coefficient (Wildman–Crippen LogP) is 2.82. The Balaban J connectivity index is 1.90. The van der Waals surface area contributed by atoms with Gasteiger partial charge in [0.25, 0.3) is 0 Å². The molecule has 0 radical (unpaired) electrons. The first-order valence-corrected chi connectivity index (χ1v) is 6.24. The van der Waals surface area contributed by atoms with Gasteiger partial charge in [0, 0.05) is 6.42 Å². The van der Waals surface area contributed by atoms with Crippen LogP contribution in [0.15, 0.2) is 48.5 Å². The quantitative estimate of drug-likeness (QED) is 0.628. The molecule has 0 unspecified atom stereocenters. The second-order valence-corrected chi connectivity index (χ2v) is 4.41. The van der Waals surface area contributed by atoms with Crippen LogP contribution in [0.3, 0.4) is 0 Å². The molecule has 0 spiro atoms. The number of hydrogen-bond donors (Lipinski definition) is 0. The van der Waals surface area contributed by atoms with E-state index in [1.54, 1.807) is 24.3 Å². The summed E-state index contributed by atoms with van der Waals surface area (Å²) in [5.74, 6) is -3.86. The minimum Gasteiger partial charge on any atom is -0.455 e. The third kappa shape index (κ3) is 4.21. The van der Waals surface area contributed by atoms with Gasteiger partial charge in [-0.3, -0.25) is 4.79 Å². The standard InChI is InChI=1S/C16H12F2O3/c17-13-7-6-12(8-14(13)18)9-15(19)16(20)21-10-11-4-2-1-3-5-11/h1-8H,9-10H2. The number of rotatable bonds is 5. The van der Waals surface area contributed by atoms with Crippen molar-refractivity contribution in [3.05, 3.63) is 71.3 Å². The van der Waals surface area contributed by atoms with Crippen LogP contribution in [-0.4, -0.2) is 11.8 Å². The van der Waals surface area contributed by atoms with E-state index in [0.29, 0.717) is 0 Å². The van der Waals surface area contributed by atoms with Crippen molar-refractivity contribution in [1.82, 2.24) is 0 Å². The number of esters is 1. The fourth-order valence-electron chi connectivity index (χ4n) is 1.71. The Kier molecular flexibility index (Phi) is 4.77. The molecule has 0 heterocycles. The van der Waals surface area contributed by atoms with Crippen LogP contribution < -0.4 is 0 Å². The first-order valence-electron chi connectivity index (χ1n) is 6.24. The van der Waals surface area contributed by atoms with Crippen molar-refractivity contribution >= 4 is 11.8 Å². The van der Waals surface area contributed by atoms with Crippen LogP contribution in [-0.2, 0) is 27.4 Å². The Morgan fingerprint density at radius 2 is 1.62 bits per heavy atom. The second-order valence-electron chi connectivity index (χ2n) is 4.41. The highest BCUT2D eigenvalue weighted by Crippen LogP contribution is 2.10. The number of ether oxygens (including phenoxy) is 1. The first kappa shape index (κ1) is 14.8. The number of carbonyl (C=O) groups excluding carboxylic acids is 2. The molecule has 2 aromatic rings. The molecule has 0 amide bonds. The van der Waals surface area contributed by atoms with Crippen molar-refractivity contribution < 1.29 is 23.1 Å². The topological polar surface area (TPSA) is 43.4 Å². The van der Waals surface area contributed by atoms with E-state index in [9.17, 15) is 18.4 Å². The number of hydrogen-bond acceptors (Lipinski definition) is 3. The molecular weight excluding hydrogens is 278 g/mol. The summed E-state index contributed by atoms with van der Waals surface area (Å²) >= 11 is 0. The van der Waals surface area contributed by atoms with Crippen LogP contribution in [0.1, 0.15) is 11.1 Å². The van der Waals surface area contributed by atoms with Gasteiger partial charge in [0.1, 0.15) is 6.61 Å². The zero-order valence-electron chi connectivity index (χ0n) is 11.0. The van der Waals surface area contributed by atoms with E-state index >= 15 is 0 Å². The van der Waals surface area contributed by atoms with Crippen LogP contribution in [0, 0.1) is 11.6 Å². The van der Waals surface area contributed by atoms with Gasteiger partial charge in [-0.1, -0.05) is 36.4 Å². The largest absolute Gasteiger partial charge is 0.455 e.